The van der Waals surface area contributed by atoms with E-state index in [-0.39, 0.29) is 23.8 Å². The standard InChI is InChI=1S/C10H11N3O4/c1-6(14)12-5-8(15)13-7-3-2-4-11-9(7)10(16)17/h2-4H,5H2,1H3,(H,12,14)(H,13,15)(H,16,17). The second kappa shape index (κ2) is 5.59. The summed E-state index contributed by atoms with van der Waals surface area (Å²) < 4.78 is 0. The molecule has 3 N–H and O–H groups in total. The molecule has 1 aromatic rings. The highest BCUT2D eigenvalue weighted by atomic mass is 16.4. The third-order valence-electron chi connectivity index (χ3n) is 1.78. The number of hydrogen-bond donors (Lipinski definition) is 3. The molecule has 0 radical (unpaired) electrons. The van der Waals surface area contributed by atoms with Crippen LogP contribution >= 0.6 is 0 Å². The maximum Gasteiger partial charge on any atom is 0.356 e. The van der Waals surface area contributed by atoms with Crippen molar-refractivity contribution in [2.24, 2.45) is 0 Å². The monoisotopic (exact) mass is 237 g/mol. The molecule has 0 aromatic carbocycles. The van der Waals surface area contributed by atoms with Gasteiger partial charge in [0.2, 0.25) is 11.8 Å². The Morgan fingerprint density at radius 2 is 2.12 bits per heavy atom. The number of aromatic carboxylic acids is 1. The van der Waals surface area contributed by atoms with Crippen LogP contribution in [-0.4, -0.2) is 34.4 Å². The van der Waals surface area contributed by atoms with Crippen molar-refractivity contribution in [3.05, 3.63) is 24.0 Å². The number of anilines is 1. The molecule has 0 unspecified atom stereocenters. The Morgan fingerprint density at radius 3 is 2.71 bits per heavy atom. The van der Waals surface area contributed by atoms with Gasteiger partial charge in [-0.05, 0) is 12.1 Å². The number of rotatable bonds is 4. The molecule has 0 fully saturated rings. The van der Waals surface area contributed by atoms with E-state index in [1.165, 1.54) is 25.3 Å². The van der Waals surface area contributed by atoms with Crippen molar-refractivity contribution >= 4 is 23.5 Å². The van der Waals surface area contributed by atoms with Crippen molar-refractivity contribution < 1.29 is 19.5 Å². The zero-order valence-corrected chi connectivity index (χ0v) is 9.06. The molecule has 0 spiro atoms. The van der Waals surface area contributed by atoms with E-state index >= 15 is 0 Å². The van der Waals surface area contributed by atoms with Crippen LogP contribution in [0, 0.1) is 0 Å². The number of nitrogens with zero attached hydrogens (tertiary/aromatic N) is 1. The second-order valence-corrected chi connectivity index (χ2v) is 3.16. The predicted molar refractivity (Wildman–Crippen MR) is 58.5 cm³/mol. The van der Waals surface area contributed by atoms with Crippen LogP contribution in [0.3, 0.4) is 0 Å². The summed E-state index contributed by atoms with van der Waals surface area (Å²) in [7, 11) is 0. The fraction of sp³-hybridized carbons (Fsp3) is 0.200. The Bertz CT molecular complexity index is 459. The zero-order valence-electron chi connectivity index (χ0n) is 9.06. The Hall–Kier alpha value is -2.44. The highest BCUT2D eigenvalue weighted by Gasteiger charge is 2.13. The van der Waals surface area contributed by atoms with E-state index in [2.05, 4.69) is 15.6 Å². The van der Waals surface area contributed by atoms with Crippen LogP contribution < -0.4 is 10.6 Å². The molecule has 0 aliphatic carbocycles. The predicted octanol–water partition coefficient (Wildman–Crippen LogP) is -0.146. The SMILES string of the molecule is CC(=O)NCC(=O)Nc1cccnc1C(=O)O. The van der Waals surface area contributed by atoms with Gasteiger partial charge in [0.25, 0.3) is 0 Å². The average molecular weight is 237 g/mol. The Morgan fingerprint density at radius 1 is 1.41 bits per heavy atom. The summed E-state index contributed by atoms with van der Waals surface area (Å²) in [5, 5.41) is 13.5. The van der Waals surface area contributed by atoms with Gasteiger partial charge in [0.1, 0.15) is 0 Å². The van der Waals surface area contributed by atoms with E-state index in [1.54, 1.807) is 0 Å². The van der Waals surface area contributed by atoms with Crippen molar-refractivity contribution in [3.8, 4) is 0 Å². The summed E-state index contributed by atoms with van der Waals surface area (Å²) in [6, 6.07) is 2.92. The largest absolute Gasteiger partial charge is 0.476 e. The van der Waals surface area contributed by atoms with Gasteiger partial charge in [0.05, 0.1) is 12.2 Å². The van der Waals surface area contributed by atoms with Gasteiger partial charge in [-0.15, -0.1) is 0 Å². The van der Waals surface area contributed by atoms with Crippen LogP contribution in [0.1, 0.15) is 17.4 Å². The first-order valence-electron chi connectivity index (χ1n) is 4.73. The molecule has 90 valence electrons. The molecule has 7 nitrogen and oxygen atoms in total. The molecule has 0 bridgehead atoms. The van der Waals surface area contributed by atoms with Crippen LogP contribution in [0.5, 0.6) is 0 Å². The molecule has 0 aliphatic heterocycles. The zero-order chi connectivity index (χ0) is 12.8. The third kappa shape index (κ3) is 3.90. The first-order chi connectivity index (χ1) is 8.00. The van der Waals surface area contributed by atoms with Crippen molar-refractivity contribution in [1.82, 2.24) is 10.3 Å². The first-order valence-corrected chi connectivity index (χ1v) is 4.73. The molecule has 0 atom stereocenters. The molecular formula is C10H11N3O4. The third-order valence-corrected chi connectivity index (χ3v) is 1.78. The number of pyridine rings is 1. The van der Waals surface area contributed by atoms with Gasteiger partial charge in [-0.3, -0.25) is 9.59 Å². The Labute approximate surface area is 96.9 Å². The molecule has 1 rings (SSSR count). The number of nitrogens with one attached hydrogen (secondary N) is 2. The van der Waals surface area contributed by atoms with Gasteiger partial charge < -0.3 is 15.7 Å². The summed E-state index contributed by atoms with van der Waals surface area (Å²) in [5.41, 5.74) is -0.154. The van der Waals surface area contributed by atoms with E-state index < -0.39 is 11.9 Å². The van der Waals surface area contributed by atoms with Crippen LogP contribution in [0.4, 0.5) is 5.69 Å². The number of amides is 2. The molecule has 1 aromatic heterocycles. The molecule has 17 heavy (non-hydrogen) atoms. The van der Waals surface area contributed by atoms with Gasteiger partial charge in [-0.2, -0.15) is 0 Å². The molecule has 1 heterocycles. The maximum absolute atomic E-state index is 11.3. The van der Waals surface area contributed by atoms with Crippen LogP contribution in [0.2, 0.25) is 0 Å². The minimum absolute atomic E-state index is 0.0929. The van der Waals surface area contributed by atoms with Gasteiger partial charge in [0, 0.05) is 13.1 Å². The van der Waals surface area contributed by atoms with Gasteiger partial charge in [-0.25, -0.2) is 9.78 Å². The van der Waals surface area contributed by atoms with Crippen LogP contribution in [0.15, 0.2) is 18.3 Å². The van der Waals surface area contributed by atoms with Crippen LogP contribution in [0.25, 0.3) is 0 Å². The lowest BCUT2D eigenvalue weighted by atomic mass is 10.3. The number of carbonyl (C=O) groups excluding carboxylic acids is 2. The number of hydrogen-bond acceptors (Lipinski definition) is 4. The first kappa shape index (κ1) is 12.6. The van der Waals surface area contributed by atoms with Crippen LogP contribution in [-0.2, 0) is 9.59 Å². The Kier molecular flexibility index (Phi) is 4.15. The number of carbonyl (C=O) groups is 3. The Balaban J connectivity index is 2.71. The van der Waals surface area contributed by atoms with E-state index in [0.29, 0.717) is 0 Å². The number of aromatic nitrogens is 1. The highest BCUT2D eigenvalue weighted by Crippen LogP contribution is 2.11. The van der Waals surface area contributed by atoms with Crippen molar-refractivity contribution in [2.45, 2.75) is 6.92 Å². The normalized spacial score (nSPS) is 9.47. The van der Waals surface area contributed by atoms with E-state index in [9.17, 15) is 14.4 Å². The smallest absolute Gasteiger partial charge is 0.356 e. The minimum atomic E-state index is -1.24. The van der Waals surface area contributed by atoms with Crippen molar-refractivity contribution in [1.29, 1.82) is 0 Å². The highest BCUT2D eigenvalue weighted by molar-refractivity contribution is 6.00. The summed E-state index contributed by atoms with van der Waals surface area (Å²) in [6.07, 6.45) is 1.31. The summed E-state index contributed by atoms with van der Waals surface area (Å²) in [6.45, 7) is 1.06. The second-order valence-electron chi connectivity index (χ2n) is 3.16. The maximum atomic E-state index is 11.3. The lowest BCUT2D eigenvalue weighted by molar-refractivity contribution is -0.122. The number of carboxylic acids is 1. The van der Waals surface area contributed by atoms with Gasteiger partial charge in [-0.1, -0.05) is 0 Å². The van der Waals surface area contributed by atoms with E-state index in [0.717, 1.165) is 0 Å². The number of carboxylic acid groups (broad SMARTS) is 1. The molecular weight excluding hydrogens is 226 g/mol. The molecule has 0 saturated carbocycles. The minimum Gasteiger partial charge on any atom is -0.476 e. The fourth-order valence-corrected chi connectivity index (χ4v) is 1.08. The van der Waals surface area contributed by atoms with Crippen molar-refractivity contribution in [3.63, 3.8) is 0 Å². The average Bonchev–Trinajstić information content (AvgIpc) is 2.27. The molecule has 0 saturated heterocycles. The quantitative estimate of drug-likeness (QED) is 0.675. The lowest BCUT2D eigenvalue weighted by Gasteiger charge is -2.07. The molecule has 7 heteroatoms. The molecule has 0 aliphatic rings. The van der Waals surface area contributed by atoms with Crippen molar-refractivity contribution in [2.75, 3.05) is 11.9 Å². The fourth-order valence-electron chi connectivity index (χ4n) is 1.08. The van der Waals surface area contributed by atoms with E-state index in [4.69, 9.17) is 5.11 Å². The summed E-state index contributed by atoms with van der Waals surface area (Å²) in [4.78, 5) is 36.3. The van der Waals surface area contributed by atoms with Gasteiger partial charge in [0.15, 0.2) is 5.69 Å². The lowest BCUT2D eigenvalue weighted by Crippen LogP contribution is -2.31. The summed E-state index contributed by atoms with van der Waals surface area (Å²) >= 11 is 0. The molecule has 2 amide bonds. The summed E-state index contributed by atoms with van der Waals surface area (Å²) in [5.74, 6) is -2.10. The topological polar surface area (TPSA) is 108 Å². The van der Waals surface area contributed by atoms with E-state index in [1.807, 2.05) is 0 Å². The van der Waals surface area contributed by atoms with Gasteiger partial charge >= 0.3 is 5.97 Å².